The zero-order valence-electron chi connectivity index (χ0n) is 13.9. The van der Waals surface area contributed by atoms with Gasteiger partial charge in [-0.15, -0.1) is 0 Å². The molecule has 0 bridgehead atoms. The molecule has 2 aromatic carbocycles. The van der Waals surface area contributed by atoms with E-state index in [0.29, 0.717) is 11.5 Å². The van der Waals surface area contributed by atoms with Gasteiger partial charge in [-0.1, -0.05) is 0 Å². The Kier molecular flexibility index (Phi) is 4.20. The Labute approximate surface area is 155 Å². The summed E-state index contributed by atoms with van der Waals surface area (Å²) in [5.41, 5.74) is -0.187. The van der Waals surface area contributed by atoms with Crippen molar-refractivity contribution >= 4 is 23.8 Å². The molecule has 2 aliphatic rings. The normalized spacial score (nSPS) is 14.1. The van der Waals surface area contributed by atoms with E-state index < -0.39 is 9.85 Å². The molecule has 2 aromatic rings. The molecule has 0 aromatic heterocycles. The smallest absolute Gasteiger partial charge is 0.282 e. The van der Waals surface area contributed by atoms with E-state index in [9.17, 15) is 20.2 Å². The standard InChI is InChI=1S/C16H10N4O8/c21-19(22)11-3-15-13(25-7-27-15)1-9(11)5-17-18-6-10-2-14-16(28-8-26-14)4-12(10)20(23)24/h1-6H,7-8H2/b17-5+,18-6+. The second kappa shape index (κ2) is 6.83. The molecule has 0 N–H and O–H groups in total. The van der Waals surface area contributed by atoms with Gasteiger partial charge in [-0.3, -0.25) is 20.2 Å². The van der Waals surface area contributed by atoms with Crippen molar-refractivity contribution in [2.75, 3.05) is 13.6 Å². The Hall–Kier alpha value is -4.22. The maximum absolute atomic E-state index is 11.2. The van der Waals surface area contributed by atoms with E-state index >= 15 is 0 Å². The lowest BCUT2D eigenvalue weighted by Crippen LogP contribution is -1.95. The fourth-order valence-corrected chi connectivity index (χ4v) is 2.61. The molecule has 142 valence electrons. The van der Waals surface area contributed by atoms with E-state index in [1.807, 2.05) is 0 Å². The van der Waals surface area contributed by atoms with E-state index in [2.05, 4.69) is 10.2 Å². The molecule has 0 atom stereocenters. The van der Waals surface area contributed by atoms with Crippen LogP contribution >= 0.6 is 0 Å². The second-order valence-corrected chi connectivity index (χ2v) is 5.53. The van der Waals surface area contributed by atoms with Crippen LogP contribution in [-0.2, 0) is 0 Å². The van der Waals surface area contributed by atoms with Crippen LogP contribution in [-0.4, -0.2) is 35.9 Å². The first-order valence-electron chi connectivity index (χ1n) is 7.75. The minimum atomic E-state index is -0.588. The van der Waals surface area contributed by atoms with Gasteiger partial charge in [0.25, 0.3) is 11.4 Å². The van der Waals surface area contributed by atoms with Crippen LogP contribution in [0.2, 0.25) is 0 Å². The van der Waals surface area contributed by atoms with Crippen LogP contribution < -0.4 is 18.9 Å². The molecule has 0 radical (unpaired) electrons. The number of nitro groups is 2. The number of nitro benzene ring substituents is 2. The monoisotopic (exact) mass is 386 g/mol. The van der Waals surface area contributed by atoms with Gasteiger partial charge >= 0.3 is 0 Å². The highest BCUT2D eigenvalue weighted by molar-refractivity contribution is 5.89. The molecular formula is C16H10N4O8. The molecule has 0 fully saturated rings. The van der Waals surface area contributed by atoms with E-state index in [4.69, 9.17) is 18.9 Å². The van der Waals surface area contributed by atoms with Crippen LogP contribution in [0, 0.1) is 20.2 Å². The average molecular weight is 386 g/mol. The summed E-state index contributed by atoms with van der Waals surface area (Å²) in [4.78, 5) is 21.2. The highest BCUT2D eigenvalue weighted by Gasteiger charge is 2.23. The molecule has 0 saturated carbocycles. The van der Waals surface area contributed by atoms with Gasteiger partial charge in [0.2, 0.25) is 13.6 Å². The lowest BCUT2D eigenvalue weighted by atomic mass is 10.1. The number of hydrogen-bond acceptors (Lipinski definition) is 10. The van der Waals surface area contributed by atoms with E-state index in [0.717, 1.165) is 12.4 Å². The predicted molar refractivity (Wildman–Crippen MR) is 93.6 cm³/mol. The van der Waals surface area contributed by atoms with Gasteiger partial charge in [0.05, 0.1) is 45.5 Å². The molecule has 12 heteroatoms. The largest absolute Gasteiger partial charge is 0.454 e. The predicted octanol–water partition coefficient (Wildman–Crippen LogP) is 2.41. The average Bonchev–Trinajstić information content (AvgIpc) is 3.31. The van der Waals surface area contributed by atoms with Crippen molar-refractivity contribution < 1.29 is 28.8 Å². The Balaban J connectivity index is 1.62. The topological polar surface area (TPSA) is 148 Å². The third kappa shape index (κ3) is 3.13. The van der Waals surface area contributed by atoms with Crippen LogP contribution in [0.1, 0.15) is 11.1 Å². The van der Waals surface area contributed by atoms with Crippen LogP contribution in [0.25, 0.3) is 0 Å². The van der Waals surface area contributed by atoms with Crippen LogP contribution in [0.15, 0.2) is 34.5 Å². The molecule has 0 unspecified atom stereocenters. The molecule has 2 heterocycles. The summed E-state index contributed by atoms with van der Waals surface area (Å²) in [6.45, 7) is -0.0575. The number of fused-ring (bicyclic) bond motifs is 2. The SMILES string of the molecule is O=[N+]([O-])c1cc2c(cc1/C=N/N=C/c1cc3c(cc1[N+](=O)[O-])OCO3)OCO2. The molecule has 12 nitrogen and oxygen atoms in total. The number of nitrogens with zero attached hydrogens (tertiary/aromatic N) is 4. The second-order valence-electron chi connectivity index (χ2n) is 5.53. The van der Waals surface area contributed by atoms with Gasteiger partial charge in [-0.25, -0.2) is 0 Å². The summed E-state index contributed by atoms with van der Waals surface area (Å²) in [6.07, 6.45) is 2.30. The van der Waals surface area contributed by atoms with Gasteiger partial charge in [-0.05, 0) is 12.1 Å². The fourth-order valence-electron chi connectivity index (χ4n) is 2.61. The maximum Gasteiger partial charge on any atom is 0.282 e. The molecule has 0 spiro atoms. The van der Waals surface area contributed by atoms with Gasteiger partial charge in [-0.2, -0.15) is 10.2 Å². The third-order valence-electron chi connectivity index (χ3n) is 3.90. The molecule has 0 aliphatic carbocycles. The third-order valence-corrected chi connectivity index (χ3v) is 3.90. The Morgan fingerprint density at radius 1 is 0.714 bits per heavy atom. The van der Waals surface area contributed by atoms with Crippen molar-refractivity contribution in [1.29, 1.82) is 0 Å². The minimum absolute atomic E-state index is 0.0288. The summed E-state index contributed by atoms with van der Waals surface area (Å²) in [6, 6.07) is 5.27. The summed E-state index contributed by atoms with van der Waals surface area (Å²) in [7, 11) is 0. The lowest BCUT2D eigenvalue weighted by Gasteiger charge is -2.00. The van der Waals surface area contributed by atoms with E-state index in [1.165, 1.54) is 24.3 Å². The summed E-state index contributed by atoms with van der Waals surface area (Å²) >= 11 is 0. The molecule has 2 aliphatic heterocycles. The minimum Gasteiger partial charge on any atom is -0.454 e. The number of rotatable bonds is 5. The van der Waals surface area contributed by atoms with Gasteiger partial charge in [0.1, 0.15) is 0 Å². The van der Waals surface area contributed by atoms with Crippen molar-refractivity contribution in [2.24, 2.45) is 10.2 Å². The molecule has 4 rings (SSSR count). The van der Waals surface area contributed by atoms with Crippen LogP contribution in [0.3, 0.4) is 0 Å². The van der Waals surface area contributed by atoms with E-state index in [-0.39, 0.29) is 47.6 Å². The maximum atomic E-state index is 11.2. The number of hydrogen-bond donors (Lipinski definition) is 0. The first kappa shape index (κ1) is 17.2. The highest BCUT2D eigenvalue weighted by Crippen LogP contribution is 2.38. The highest BCUT2D eigenvalue weighted by atomic mass is 16.7. The van der Waals surface area contributed by atoms with Gasteiger partial charge in [0.15, 0.2) is 23.0 Å². The lowest BCUT2D eigenvalue weighted by molar-refractivity contribution is -0.385. The molecule has 0 amide bonds. The van der Waals surface area contributed by atoms with E-state index in [1.54, 1.807) is 0 Å². The molecule has 28 heavy (non-hydrogen) atoms. The van der Waals surface area contributed by atoms with Crippen molar-refractivity contribution in [3.8, 4) is 23.0 Å². The zero-order valence-corrected chi connectivity index (χ0v) is 13.9. The van der Waals surface area contributed by atoms with Crippen molar-refractivity contribution in [1.82, 2.24) is 0 Å². The summed E-state index contributed by atoms with van der Waals surface area (Å²) in [5, 5.41) is 29.9. The van der Waals surface area contributed by atoms with Crippen molar-refractivity contribution in [2.45, 2.75) is 0 Å². The Morgan fingerprint density at radius 2 is 1.07 bits per heavy atom. The van der Waals surface area contributed by atoms with Gasteiger partial charge in [0, 0.05) is 0 Å². The summed E-state index contributed by atoms with van der Waals surface area (Å²) < 4.78 is 20.6. The number of benzene rings is 2. The number of ether oxygens (including phenoxy) is 4. The van der Waals surface area contributed by atoms with Gasteiger partial charge < -0.3 is 18.9 Å². The van der Waals surface area contributed by atoms with Crippen LogP contribution in [0.4, 0.5) is 11.4 Å². The fraction of sp³-hybridized carbons (Fsp3) is 0.125. The molecule has 0 saturated heterocycles. The first-order valence-corrected chi connectivity index (χ1v) is 7.75. The van der Waals surface area contributed by atoms with Crippen LogP contribution in [0.5, 0.6) is 23.0 Å². The first-order chi connectivity index (χ1) is 13.5. The Morgan fingerprint density at radius 3 is 1.43 bits per heavy atom. The van der Waals surface area contributed by atoms with Crippen molar-refractivity contribution in [3.63, 3.8) is 0 Å². The quantitative estimate of drug-likeness (QED) is 0.432. The Bertz CT molecular complexity index is 966. The van der Waals surface area contributed by atoms with Crippen molar-refractivity contribution in [3.05, 3.63) is 55.6 Å². The molecular weight excluding hydrogens is 376 g/mol. The zero-order chi connectivity index (χ0) is 19.7. The summed E-state index contributed by atoms with van der Waals surface area (Å²) in [5.74, 6) is 1.23.